The van der Waals surface area contributed by atoms with Gasteiger partial charge in [0.25, 0.3) is 0 Å². The first-order valence-electron chi connectivity index (χ1n) is 8.28. The second-order valence-electron chi connectivity index (χ2n) is 6.72. The highest BCUT2D eigenvalue weighted by atomic mass is 15.2. The summed E-state index contributed by atoms with van der Waals surface area (Å²) in [5.41, 5.74) is 2.82. The Morgan fingerprint density at radius 1 is 1.38 bits per heavy atom. The lowest BCUT2D eigenvalue weighted by Crippen LogP contribution is -2.61. The Kier molecular flexibility index (Phi) is 4.29. The Balaban J connectivity index is 1.73. The van der Waals surface area contributed by atoms with Crippen molar-refractivity contribution in [3.63, 3.8) is 0 Å². The van der Waals surface area contributed by atoms with Gasteiger partial charge in [-0.05, 0) is 36.8 Å². The van der Waals surface area contributed by atoms with Gasteiger partial charge in [-0.1, -0.05) is 44.0 Å². The van der Waals surface area contributed by atoms with Gasteiger partial charge in [0.15, 0.2) is 0 Å². The van der Waals surface area contributed by atoms with Gasteiger partial charge in [0.2, 0.25) is 0 Å². The third-order valence-electron chi connectivity index (χ3n) is 5.00. The molecule has 1 fully saturated rings. The fourth-order valence-electron chi connectivity index (χ4n) is 3.84. The van der Waals surface area contributed by atoms with Crippen LogP contribution in [0.5, 0.6) is 0 Å². The van der Waals surface area contributed by atoms with Gasteiger partial charge in [-0.2, -0.15) is 0 Å². The molecule has 3 rings (SSSR count). The molecule has 3 nitrogen and oxygen atoms in total. The minimum Gasteiger partial charge on any atom is -0.368 e. The molecular formula is C18H27N3. The van der Waals surface area contributed by atoms with E-state index in [1.165, 1.54) is 42.6 Å². The van der Waals surface area contributed by atoms with E-state index in [0.717, 1.165) is 25.6 Å². The quantitative estimate of drug-likeness (QED) is 0.876. The van der Waals surface area contributed by atoms with Crippen LogP contribution in [0.1, 0.15) is 43.7 Å². The fourth-order valence-corrected chi connectivity index (χ4v) is 3.84. The summed E-state index contributed by atoms with van der Waals surface area (Å²) in [5, 5.41) is 7.42. The number of aryl methyl sites for hydroxylation is 1. The average Bonchev–Trinajstić information content (AvgIpc) is 2.48. The van der Waals surface area contributed by atoms with E-state index in [9.17, 15) is 0 Å². The molecule has 0 bridgehead atoms. The number of nitrogens with zero attached hydrogens (tertiary/aromatic N) is 1. The summed E-state index contributed by atoms with van der Waals surface area (Å²) in [5.74, 6) is 1.98. The normalized spacial score (nSPS) is 29.2. The molecule has 1 aliphatic carbocycles. The smallest absolute Gasteiger partial charge is 0.117 e. The van der Waals surface area contributed by atoms with Crippen LogP contribution in [0.2, 0.25) is 0 Å². The maximum Gasteiger partial charge on any atom is 0.117 e. The highest BCUT2D eigenvalue weighted by Crippen LogP contribution is 2.34. The average molecular weight is 285 g/mol. The van der Waals surface area contributed by atoms with E-state index in [4.69, 9.17) is 4.99 Å². The van der Waals surface area contributed by atoms with Crippen molar-refractivity contribution < 1.29 is 0 Å². The van der Waals surface area contributed by atoms with Crippen LogP contribution in [-0.2, 0) is 6.54 Å². The van der Waals surface area contributed by atoms with Crippen molar-refractivity contribution in [1.82, 2.24) is 10.6 Å². The van der Waals surface area contributed by atoms with Crippen LogP contribution in [0.15, 0.2) is 29.3 Å². The van der Waals surface area contributed by atoms with Crippen LogP contribution >= 0.6 is 0 Å². The molecule has 2 atom stereocenters. The number of benzene rings is 1. The molecule has 1 saturated carbocycles. The zero-order chi connectivity index (χ0) is 14.7. The molecule has 0 saturated heterocycles. The monoisotopic (exact) mass is 285 g/mol. The molecule has 0 amide bonds. The van der Waals surface area contributed by atoms with Crippen molar-refractivity contribution in [2.45, 2.75) is 51.6 Å². The molecule has 2 N–H and O–H groups in total. The Bertz CT molecular complexity index is 523. The van der Waals surface area contributed by atoms with Crippen LogP contribution in [-0.4, -0.2) is 24.5 Å². The third kappa shape index (κ3) is 3.13. The maximum absolute atomic E-state index is 4.83. The minimum atomic E-state index is 0.110. The van der Waals surface area contributed by atoms with Gasteiger partial charge < -0.3 is 10.6 Å². The van der Waals surface area contributed by atoms with E-state index in [1.54, 1.807) is 0 Å². The molecule has 0 unspecified atom stereocenters. The predicted octanol–water partition coefficient (Wildman–Crippen LogP) is 3.04. The van der Waals surface area contributed by atoms with Crippen LogP contribution in [0, 0.1) is 12.8 Å². The summed E-state index contributed by atoms with van der Waals surface area (Å²) in [6.07, 6.45) is 5.09. The Morgan fingerprint density at radius 3 is 3.05 bits per heavy atom. The summed E-state index contributed by atoms with van der Waals surface area (Å²) in [6.45, 7) is 7.34. The van der Waals surface area contributed by atoms with Crippen molar-refractivity contribution in [3.05, 3.63) is 35.4 Å². The van der Waals surface area contributed by atoms with Crippen molar-refractivity contribution in [2.24, 2.45) is 10.9 Å². The van der Waals surface area contributed by atoms with E-state index in [1.807, 2.05) is 0 Å². The van der Waals surface area contributed by atoms with Crippen molar-refractivity contribution in [2.75, 3.05) is 13.1 Å². The van der Waals surface area contributed by atoms with Gasteiger partial charge in [0, 0.05) is 13.1 Å². The first-order chi connectivity index (χ1) is 10.2. The number of nitrogens with one attached hydrogen (secondary N) is 2. The first kappa shape index (κ1) is 14.6. The van der Waals surface area contributed by atoms with Gasteiger partial charge in [0.05, 0.1) is 12.1 Å². The molecule has 1 heterocycles. The summed E-state index contributed by atoms with van der Waals surface area (Å²) >= 11 is 0. The third-order valence-corrected chi connectivity index (χ3v) is 5.00. The molecule has 3 heteroatoms. The lowest BCUT2D eigenvalue weighted by molar-refractivity contribution is 0.243. The molecular weight excluding hydrogens is 258 g/mol. The molecule has 21 heavy (non-hydrogen) atoms. The second-order valence-corrected chi connectivity index (χ2v) is 6.72. The van der Waals surface area contributed by atoms with E-state index in [0.29, 0.717) is 0 Å². The topological polar surface area (TPSA) is 36.4 Å². The number of aliphatic imine (C=N–C) groups is 1. The van der Waals surface area contributed by atoms with Gasteiger partial charge in [-0.15, -0.1) is 0 Å². The van der Waals surface area contributed by atoms with Crippen LogP contribution in [0.4, 0.5) is 0 Å². The molecule has 1 aromatic carbocycles. The second kappa shape index (κ2) is 6.18. The maximum atomic E-state index is 4.83. The summed E-state index contributed by atoms with van der Waals surface area (Å²) in [6, 6.07) is 8.60. The zero-order valence-electron chi connectivity index (χ0n) is 13.3. The van der Waals surface area contributed by atoms with Crippen molar-refractivity contribution >= 4 is 5.84 Å². The molecule has 114 valence electrons. The zero-order valence-corrected chi connectivity index (χ0v) is 13.3. The Morgan fingerprint density at radius 2 is 2.24 bits per heavy atom. The van der Waals surface area contributed by atoms with Gasteiger partial charge in [0.1, 0.15) is 5.84 Å². The number of hydrogen-bond donors (Lipinski definition) is 2. The van der Waals surface area contributed by atoms with E-state index >= 15 is 0 Å². The molecule has 1 aliphatic heterocycles. The largest absolute Gasteiger partial charge is 0.368 e. The molecule has 1 aromatic rings. The van der Waals surface area contributed by atoms with Gasteiger partial charge >= 0.3 is 0 Å². The minimum absolute atomic E-state index is 0.110. The SMILES string of the molecule is Cc1ccccc1CNC1=NCCN[C@]12CCC[C@@H](C)C2. The molecule has 2 aliphatic rings. The van der Waals surface area contributed by atoms with Gasteiger partial charge in [-0.25, -0.2) is 0 Å². The van der Waals surface area contributed by atoms with Crippen LogP contribution in [0.3, 0.4) is 0 Å². The number of amidine groups is 1. The molecule has 0 aromatic heterocycles. The Hall–Kier alpha value is -1.35. The van der Waals surface area contributed by atoms with Crippen molar-refractivity contribution in [3.8, 4) is 0 Å². The first-order valence-corrected chi connectivity index (χ1v) is 8.28. The molecule has 0 radical (unpaired) electrons. The predicted molar refractivity (Wildman–Crippen MR) is 88.7 cm³/mol. The highest BCUT2D eigenvalue weighted by molar-refractivity contribution is 5.92. The van der Waals surface area contributed by atoms with E-state index in [2.05, 4.69) is 48.7 Å². The summed E-state index contributed by atoms with van der Waals surface area (Å²) in [7, 11) is 0. The Labute approximate surface area is 128 Å². The molecule has 1 spiro atoms. The van der Waals surface area contributed by atoms with E-state index < -0.39 is 0 Å². The lowest BCUT2D eigenvalue weighted by Gasteiger charge is -2.44. The van der Waals surface area contributed by atoms with E-state index in [-0.39, 0.29) is 5.54 Å². The summed E-state index contributed by atoms with van der Waals surface area (Å²) in [4.78, 5) is 4.83. The lowest BCUT2D eigenvalue weighted by atomic mass is 9.75. The fraction of sp³-hybridized carbons (Fsp3) is 0.611. The standard InChI is InChI=1S/C18H27N3/c1-14-6-5-9-18(12-14)17(19-10-11-21-18)20-13-16-8-4-3-7-15(16)2/h3-4,7-8,14,21H,5-6,9-13H2,1-2H3,(H,19,20)/t14-,18+/m1/s1. The van der Waals surface area contributed by atoms with Gasteiger partial charge in [-0.3, -0.25) is 4.99 Å². The van der Waals surface area contributed by atoms with Crippen LogP contribution in [0.25, 0.3) is 0 Å². The summed E-state index contributed by atoms with van der Waals surface area (Å²) < 4.78 is 0. The van der Waals surface area contributed by atoms with Crippen molar-refractivity contribution in [1.29, 1.82) is 0 Å². The number of hydrogen-bond acceptors (Lipinski definition) is 3. The highest BCUT2D eigenvalue weighted by Gasteiger charge is 2.40. The number of rotatable bonds is 2. The van der Waals surface area contributed by atoms with Crippen LogP contribution < -0.4 is 10.6 Å².